The largest absolute Gasteiger partial charge is 0.359 e. The Kier molecular flexibility index (Phi) is 5.44. The van der Waals surface area contributed by atoms with Gasteiger partial charge in [0.25, 0.3) is 0 Å². The fourth-order valence-electron chi connectivity index (χ4n) is 4.02. The number of hydrogen-bond acceptors (Lipinski definition) is 2. The Morgan fingerprint density at radius 3 is 2.22 bits per heavy atom. The van der Waals surface area contributed by atoms with Gasteiger partial charge in [-0.3, -0.25) is 9.79 Å². The van der Waals surface area contributed by atoms with E-state index in [1.165, 1.54) is 25.7 Å². The summed E-state index contributed by atoms with van der Waals surface area (Å²) in [5, 5.41) is 6.38. The van der Waals surface area contributed by atoms with Crippen LogP contribution in [0.25, 0.3) is 0 Å². The molecule has 2 N–H and O–H groups in total. The van der Waals surface area contributed by atoms with Gasteiger partial charge < -0.3 is 15.5 Å². The van der Waals surface area contributed by atoms with Gasteiger partial charge in [0.2, 0.25) is 5.91 Å². The maximum atomic E-state index is 11.5. The van der Waals surface area contributed by atoms with Crippen LogP contribution in [0.3, 0.4) is 0 Å². The van der Waals surface area contributed by atoms with Crippen molar-refractivity contribution in [2.45, 2.75) is 44.9 Å². The zero-order valence-electron chi connectivity index (χ0n) is 14.7. The summed E-state index contributed by atoms with van der Waals surface area (Å²) in [7, 11) is 3.61. The van der Waals surface area contributed by atoms with Gasteiger partial charge in [-0.05, 0) is 62.2 Å². The van der Waals surface area contributed by atoms with E-state index in [-0.39, 0.29) is 5.91 Å². The number of rotatable bonds is 6. The number of aliphatic imine (C=N–C) groups is 1. The van der Waals surface area contributed by atoms with Gasteiger partial charge in [-0.1, -0.05) is 0 Å². The van der Waals surface area contributed by atoms with Crippen LogP contribution in [-0.4, -0.2) is 50.5 Å². The molecule has 2 aliphatic carbocycles. The van der Waals surface area contributed by atoms with E-state index in [0.717, 1.165) is 56.2 Å². The van der Waals surface area contributed by atoms with Crippen LogP contribution in [0.1, 0.15) is 44.9 Å². The van der Waals surface area contributed by atoms with Gasteiger partial charge >= 0.3 is 0 Å². The van der Waals surface area contributed by atoms with Crippen LogP contribution in [-0.2, 0) is 4.79 Å². The Hall–Kier alpha value is -1.26. The van der Waals surface area contributed by atoms with Crippen LogP contribution in [0, 0.1) is 23.7 Å². The molecule has 0 aromatic rings. The minimum Gasteiger partial charge on any atom is -0.359 e. The number of carbonyl (C=O) groups is 1. The van der Waals surface area contributed by atoms with Crippen LogP contribution in [0.4, 0.5) is 0 Å². The van der Waals surface area contributed by atoms with Crippen LogP contribution in [0.5, 0.6) is 0 Å². The molecule has 5 heteroatoms. The maximum absolute atomic E-state index is 11.5. The molecule has 0 unspecified atom stereocenters. The number of guanidine groups is 1. The highest BCUT2D eigenvalue weighted by Gasteiger charge is 2.41. The molecule has 1 aliphatic heterocycles. The molecule has 3 fully saturated rings. The first-order chi connectivity index (χ1) is 11.2. The molecule has 0 spiro atoms. The Labute approximate surface area is 140 Å². The van der Waals surface area contributed by atoms with Crippen molar-refractivity contribution in [1.29, 1.82) is 0 Å². The van der Waals surface area contributed by atoms with Crippen LogP contribution >= 0.6 is 0 Å². The Morgan fingerprint density at radius 1 is 1.13 bits per heavy atom. The highest BCUT2D eigenvalue weighted by Crippen LogP contribution is 2.48. The predicted octanol–water partition coefficient (Wildman–Crippen LogP) is 1.85. The van der Waals surface area contributed by atoms with E-state index in [2.05, 4.69) is 20.5 Å². The average molecular weight is 320 g/mol. The molecule has 130 valence electrons. The summed E-state index contributed by atoms with van der Waals surface area (Å²) in [5.74, 6) is 4.59. The third-order valence-electron chi connectivity index (χ3n) is 5.83. The highest BCUT2D eigenvalue weighted by molar-refractivity contribution is 5.80. The molecule has 1 heterocycles. The third kappa shape index (κ3) is 4.61. The summed E-state index contributed by atoms with van der Waals surface area (Å²) in [4.78, 5) is 18.4. The molecule has 0 aromatic heterocycles. The van der Waals surface area contributed by atoms with E-state index >= 15 is 0 Å². The number of carbonyl (C=O) groups excluding carboxylic acids is 1. The second-order valence-electron chi connectivity index (χ2n) is 7.57. The van der Waals surface area contributed by atoms with Gasteiger partial charge in [-0.25, -0.2) is 0 Å². The molecule has 0 atom stereocenters. The van der Waals surface area contributed by atoms with Crippen molar-refractivity contribution in [3.8, 4) is 0 Å². The summed E-state index contributed by atoms with van der Waals surface area (Å²) in [6.45, 7) is 3.12. The lowest BCUT2D eigenvalue weighted by atomic mass is 9.93. The number of nitrogens with zero attached hydrogens (tertiary/aromatic N) is 2. The summed E-state index contributed by atoms with van der Waals surface area (Å²) in [5.41, 5.74) is 0. The van der Waals surface area contributed by atoms with Crippen molar-refractivity contribution in [1.82, 2.24) is 15.5 Å². The molecule has 1 saturated heterocycles. The minimum atomic E-state index is 0.169. The summed E-state index contributed by atoms with van der Waals surface area (Å²) < 4.78 is 0. The van der Waals surface area contributed by atoms with Crippen LogP contribution in [0.15, 0.2) is 4.99 Å². The summed E-state index contributed by atoms with van der Waals surface area (Å²) in [6, 6.07) is 0. The van der Waals surface area contributed by atoms with Crippen molar-refractivity contribution in [3.05, 3.63) is 0 Å². The predicted molar refractivity (Wildman–Crippen MR) is 93.3 cm³/mol. The topological polar surface area (TPSA) is 56.7 Å². The molecule has 23 heavy (non-hydrogen) atoms. The maximum Gasteiger partial charge on any atom is 0.220 e. The van der Waals surface area contributed by atoms with Gasteiger partial charge in [0.05, 0.1) is 0 Å². The molecule has 1 amide bonds. The van der Waals surface area contributed by atoms with Crippen molar-refractivity contribution in [2.75, 3.05) is 33.7 Å². The normalized spacial score (nSPS) is 23.3. The van der Waals surface area contributed by atoms with Crippen LogP contribution in [0.2, 0.25) is 0 Å². The molecular formula is C18H32N4O. The van der Waals surface area contributed by atoms with Crippen molar-refractivity contribution in [2.24, 2.45) is 28.7 Å². The second kappa shape index (κ2) is 7.54. The molecule has 3 rings (SSSR count). The van der Waals surface area contributed by atoms with Gasteiger partial charge in [-0.15, -0.1) is 0 Å². The number of piperidine rings is 1. The van der Waals surface area contributed by atoms with Crippen molar-refractivity contribution < 1.29 is 4.79 Å². The molecular weight excluding hydrogens is 288 g/mol. The van der Waals surface area contributed by atoms with Crippen LogP contribution < -0.4 is 10.6 Å². The lowest BCUT2D eigenvalue weighted by Gasteiger charge is -2.34. The zero-order chi connectivity index (χ0) is 16.2. The molecule has 0 aromatic carbocycles. The first-order valence-corrected chi connectivity index (χ1v) is 9.37. The fourth-order valence-corrected chi connectivity index (χ4v) is 4.02. The first kappa shape index (κ1) is 16.6. The Bertz CT molecular complexity index is 422. The van der Waals surface area contributed by atoms with Crippen molar-refractivity contribution >= 4 is 11.9 Å². The third-order valence-corrected chi connectivity index (χ3v) is 5.83. The number of amides is 1. The SMILES string of the molecule is CN=C(NCC(C1CC1)C1CC1)N1CCC(CC(=O)NC)CC1. The van der Waals surface area contributed by atoms with Gasteiger partial charge in [0, 0.05) is 40.2 Å². The smallest absolute Gasteiger partial charge is 0.220 e. The van der Waals surface area contributed by atoms with Crippen molar-refractivity contribution in [3.63, 3.8) is 0 Å². The van der Waals surface area contributed by atoms with E-state index in [0.29, 0.717) is 12.3 Å². The average Bonchev–Trinajstić information content (AvgIpc) is 3.46. The van der Waals surface area contributed by atoms with E-state index in [4.69, 9.17) is 0 Å². The van der Waals surface area contributed by atoms with E-state index < -0.39 is 0 Å². The molecule has 2 saturated carbocycles. The lowest BCUT2D eigenvalue weighted by Crippen LogP contribution is -2.47. The van der Waals surface area contributed by atoms with Gasteiger partial charge in [0.15, 0.2) is 5.96 Å². The van der Waals surface area contributed by atoms with Gasteiger partial charge in [0.1, 0.15) is 0 Å². The molecule has 3 aliphatic rings. The lowest BCUT2D eigenvalue weighted by molar-refractivity contribution is -0.121. The number of nitrogens with one attached hydrogen (secondary N) is 2. The quantitative estimate of drug-likeness (QED) is 0.580. The summed E-state index contributed by atoms with van der Waals surface area (Å²) in [6.07, 6.45) is 8.59. The number of hydrogen-bond donors (Lipinski definition) is 2. The number of likely N-dealkylation sites (tertiary alicyclic amines) is 1. The standard InChI is InChI=1S/C18H32N4O/c1-19-17(23)11-13-7-9-22(10-8-13)18(20-2)21-12-16(14-3-4-14)15-5-6-15/h13-16H,3-12H2,1-2H3,(H,19,23)(H,20,21). The fraction of sp³-hybridized carbons (Fsp3) is 0.889. The van der Waals surface area contributed by atoms with E-state index in [1.54, 1.807) is 7.05 Å². The minimum absolute atomic E-state index is 0.169. The Balaban J connectivity index is 1.43. The molecule has 0 radical (unpaired) electrons. The zero-order valence-corrected chi connectivity index (χ0v) is 14.7. The Morgan fingerprint density at radius 2 is 1.74 bits per heavy atom. The van der Waals surface area contributed by atoms with Gasteiger partial charge in [-0.2, -0.15) is 0 Å². The molecule has 0 bridgehead atoms. The van der Waals surface area contributed by atoms with E-state index in [9.17, 15) is 4.79 Å². The summed E-state index contributed by atoms with van der Waals surface area (Å²) >= 11 is 0. The highest BCUT2D eigenvalue weighted by atomic mass is 16.1. The monoisotopic (exact) mass is 320 g/mol. The molecule has 5 nitrogen and oxygen atoms in total. The van der Waals surface area contributed by atoms with E-state index in [1.807, 2.05) is 7.05 Å². The second-order valence-corrected chi connectivity index (χ2v) is 7.57. The first-order valence-electron chi connectivity index (χ1n) is 9.37.